The summed E-state index contributed by atoms with van der Waals surface area (Å²) in [4.78, 5) is 8.74. The summed E-state index contributed by atoms with van der Waals surface area (Å²) in [6.07, 6.45) is 1.85. The highest BCUT2D eigenvalue weighted by Gasteiger charge is 2.20. The first-order valence-electron chi connectivity index (χ1n) is 8.67. The second-order valence-electron chi connectivity index (χ2n) is 6.18. The Balaban J connectivity index is 1.46. The van der Waals surface area contributed by atoms with Crippen LogP contribution in [0.2, 0.25) is 0 Å². The molecule has 0 aliphatic carbocycles. The molecule has 8 heteroatoms. The lowest BCUT2D eigenvalue weighted by Gasteiger charge is -2.36. The standard InChI is InChI=1S/C18H23F2N5O/c1-21-18(22-7-5-15-16(19)3-2-4-17(15)20)25-10-8-24(9-11-25)13-14-6-12-26-23-14/h2-4,6,12H,5,7-11,13H2,1H3,(H,21,22). The zero-order chi connectivity index (χ0) is 18.4. The van der Waals surface area contributed by atoms with Crippen molar-refractivity contribution >= 4 is 5.96 Å². The number of benzene rings is 1. The summed E-state index contributed by atoms with van der Waals surface area (Å²) in [5.74, 6) is -0.269. The lowest BCUT2D eigenvalue weighted by atomic mass is 10.1. The van der Waals surface area contributed by atoms with E-state index in [4.69, 9.17) is 4.52 Å². The van der Waals surface area contributed by atoms with Crippen LogP contribution in [0, 0.1) is 11.6 Å². The molecule has 0 spiro atoms. The van der Waals surface area contributed by atoms with Gasteiger partial charge in [0.1, 0.15) is 17.9 Å². The maximum Gasteiger partial charge on any atom is 0.193 e. The Morgan fingerprint density at radius 3 is 2.54 bits per heavy atom. The number of aliphatic imine (C=N–C) groups is 1. The van der Waals surface area contributed by atoms with Gasteiger partial charge in [-0.25, -0.2) is 8.78 Å². The predicted molar refractivity (Wildman–Crippen MR) is 94.8 cm³/mol. The topological polar surface area (TPSA) is 56.9 Å². The van der Waals surface area contributed by atoms with Crippen molar-refractivity contribution in [1.29, 1.82) is 0 Å². The second-order valence-corrected chi connectivity index (χ2v) is 6.18. The molecule has 0 bridgehead atoms. The van der Waals surface area contributed by atoms with Crippen LogP contribution in [0.1, 0.15) is 11.3 Å². The molecule has 0 radical (unpaired) electrons. The second kappa shape index (κ2) is 8.75. The number of piperazine rings is 1. The normalized spacial score (nSPS) is 16.1. The molecule has 1 N–H and O–H groups in total. The van der Waals surface area contributed by atoms with E-state index >= 15 is 0 Å². The van der Waals surface area contributed by atoms with Gasteiger partial charge in [0.2, 0.25) is 0 Å². The molecule has 1 aliphatic heterocycles. The molecule has 1 aromatic carbocycles. The Bertz CT molecular complexity index is 707. The number of guanidine groups is 1. The van der Waals surface area contributed by atoms with Crippen LogP contribution in [-0.4, -0.2) is 60.7 Å². The lowest BCUT2D eigenvalue weighted by molar-refractivity contribution is 0.169. The fraction of sp³-hybridized carbons (Fsp3) is 0.444. The van der Waals surface area contributed by atoms with E-state index in [1.807, 2.05) is 6.07 Å². The minimum atomic E-state index is -0.511. The van der Waals surface area contributed by atoms with Crippen molar-refractivity contribution in [3.63, 3.8) is 0 Å². The van der Waals surface area contributed by atoms with Gasteiger partial charge in [-0.1, -0.05) is 11.2 Å². The van der Waals surface area contributed by atoms with Gasteiger partial charge in [-0.05, 0) is 18.6 Å². The van der Waals surface area contributed by atoms with Crippen LogP contribution in [0.5, 0.6) is 0 Å². The van der Waals surface area contributed by atoms with Crippen molar-refractivity contribution in [1.82, 2.24) is 20.3 Å². The van der Waals surface area contributed by atoms with Gasteiger partial charge < -0.3 is 14.7 Å². The molecule has 2 heterocycles. The molecule has 1 aliphatic rings. The molecule has 0 saturated carbocycles. The number of hydrogen-bond donors (Lipinski definition) is 1. The van der Waals surface area contributed by atoms with Gasteiger partial charge in [-0.15, -0.1) is 0 Å². The molecule has 2 aromatic rings. The van der Waals surface area contributed by atoms with Gasteiger partial charge in [0.25, 0.3) is 0 Å². The molecule has 140 valence electrons. The Hall–Kier alpha value is -2.48. The van der Waals surface area contributed by atoms with Crippen LogP contribution >= 0.6 is 0 Å². The third-order valence-electron chi connectivity index (χ3n) is 4.48. The minimum Gasteiger partial charge on any atom is -0.364 e. The summed E-state index contributed by atoms with van der Waals surface area (Å²) in [5.41, 5.74) is 1.03. The van der Waals surface area contributed by atoms with Crippen LogP contribution in [0.15, 0.2) is 40.0 Å². The fourth-order valence-electron chi connectivity index (χ4n) is 3.07. The molecule has 0 atom stereocenters. The van der Waals surface area contributed by atoms with Crippen LogP contribution < -0.4 is 5.32 Å². The van der Waals surface area contributed by atoms with Crippen LogP contribution in [-0.2, 0) is 13.0 Å². The highest BCUT2D eigenvalue weighted by molar-refractivity contribution is 5.80. The van der Waals surface area contributed by atoms with E-state index < -0.39 is 11.6 Å². The maximum atomic E-state index is 13.7. The van der Waals surface area contributed by atoms with Crippen molar-refractivity contribution in [2.75, 3.05) is 39.8 Å². The highest BCUT2D eigenvalue weighted by atomic mass is 19.1. The minimum absolute atomic E-state index is 0.105. The average Bonchev–Trinajstić information content (AvgIpc) is 3.15. The Kier molecular flexibility index (Phi) is 6.17. The number of halogens is 2. The summed E-state index contributed by atoms with van der Waals surface area (Å²) < 4.78 is 32.2. The van der Waals surface area contributed by atoms with Gasteiger partial charge in [0.15, 0.2) is 5.96 Å². The molecule has 1 aromatic heterocycles. The number of aromatic nitrogens is 1. The SMILES string of the molecule is CN=C(NCCc1c(F)cccc1F)N1CCN(Cc2ccon2)CC1. The van der Waals surface area contributed by atoms with Crippen molar-refractivity contribution in [3.05, 3.63) is 53.4 Å². The van der Waals surface area contributed by atoms with Gasteiger partial charge in [0, 0.05) is 57.9 Å². The Morgan fingerprint density at radius 2 is 1.92 bits per heavy atom. The Labute approximate surface area is 151 Å². The number of nitrogens with zero attached hydrogens (tertiary/aromatic N) is 4. The van der Waals surface area contributed by atoms with E-state index in [9.17, 15) is 8.78 Å². The molecule has 0 amide bonds. The van der Waals surface area contributed by atoms with Gasteiger partial charge >= 0.3 is 0 Å². The van der Waals surface area contributed by atoms with E-state index in [0.717, 1.165) is 44.4 Å². The van der Waals surface area contributed by atoms with Crippen molar-refractivity contribution in [3.8, 4) is 0 Å². The zero-order valence-corrected chi connectivity index (χ0v) is 14.8. The molecular weight excluding hydrogens is 340 g/mol. The first-order chi connectivity index (χ1) is 12.7. The first-order valence-corrected chi connectivity index (χ1v) is 8.67. The third kappa shape index (κ3) is 4.57. The smallest absolute Gasteiger partial charge is 0.193 e. The molecule has 3 rings (SSSR count). The predicted octanol–water partition coefficient (Wildman–Crippen LogP) is 1.89. The van der Waals surface area contributed by atoms with Crippen LogP contribution in [0.4, 0.5) is 8.78 Å². The summed E-state index contributed by atoms with van der Waals surface area (Å²) >= 11 is 0. The van der Waals surface area contributed by atoms with Crippen LogP contribution in [0.3, 0.4) is 0 Å². The fourth-order valence-corrected chi connectivity index (χ4v) is 3.07. The molecule has 0 unspecified atom stereocenters. The van der Waals surface area contributed by atoms with E-state index in [1.54, 1.807) is 13.3 Å². The summed E-state index contributed by atoms with van der Waals surface area (Å²) in [6.45, 7) is 4.61. The number of nitrogens with one attached hydrogen (secondary N) is 1. The Morgan fingerprint density at radius 1 is 1.19 bits per heavy atom. The van der Waals surface area contributed by atoms with Crippen molar-refractivity contribution in [2.24, 2.45) is 4.99 Å². The molecule has 26 heavy (non-hydrogen) atoms. The third-order valence-corrected chi connectivity index (χ3v) is 4.48. The van der Waals surface area contributed by atoms with E-state index in [-0.39, 0.29) is 12.0 Å². The first kappa shape index (κ1) is 18.3. The van der Waals surface area contributed by atoms with E-state index in [2.05, 4.69) is 25.3 Å². The molecular formula is C18H23F2N5O. The lowest BCUT2D eigenvalue weighted by Crippen LogP contribution is -2.52. The molecule has 1 fully saturated rings. The quantitative estimate of drug-likeness (QED) is 0.649. The van der Waals surface area contributed by atoms with Gasteiger partial charge in [-0.3, -0.25) is 9.89 Å². The monoisotopic (exact) mass is 363 g/mol. The number of hydrogen-bond acceptors (Lipinski definition) is 4. The largest absolute Gasteiger partial charge is 0.364 e. The molecule has 6 nitrogen and oxygen atoms in total. The van der Waals surface area contributed by atoms with Crippen LogP contribution in [0.25, 0.3) is 0 Å². The van der Waals surface area contributed by atoms with Crippen molar-refractivity contribution < 1.29 is 13.3 Å². The van der Waals surface area contributed by atoms with E-state index in [0.29, 0.717) is 6.54 Å². The average molecular weight is 363 g/mol. The van der Waals surface area contributed by atoms with Crippen molar-refractivity contribution in [2.45, 2.75) is 13.0 Å². The van der Waals surface area contributed by atoms with Gasteiger partial charge in [0.05, 0.1) is 5.69 Å². The van der Waals surface area contributed by atoms with Gasteiger partial charge in [-0.2, -0.15) is 0 Å². The summed E-state index contributed by atoms with van der Waals surface area (Å²) in [7, 11) is 1.72. The number of rotatable bonds is 5. The summed E-state index contributed by atoms with van der Waals surface area (Å²) in [5, 5.41) is 7.14. The molecule has 1 saturated heterocycles. The highest BCUT2D eigenvalue weighted by Crippen LogP contribution is 2.12. The summed E-state index contributed by atoms with van der Waals surface area (Å²) in [6, 6.07) is 5.80. The maximum absolute atomic E-state index is 13.7. The van der Waals surface area contributed by atoms with E-state index in [1.165, 1.54) is 18.2 Å². The zero-order valence-electron chi connectivity index (χ0n) is 14.8.